The molecule has 98 valence electrons. The molecule has 1 saturated carbocycles. The fourth-order valence-electron chi connectivity index (χ4n) is 2.55. The quantitative estimate of drug-likeness (QED) is 0.645. The molecule has 0 saturated heterocycles. The Morgan fingerprint density at radius 2 is 2.00 bits per heavy atom. The predicted octanol–water partition coefficient (Wildman–Crippen LogP) is 0.898. The van der Waals surface area contributed by atoms with E-state index < -0.39 is 0 Å². The molecule has 2 aliphatic rings. The molecule has 0 unspecified atom stereocenters. The van der Waals surface area contributed by atoms with E-state index in [1.54, 1.807) is 13.0 Å². The zero-order valence-corrected chi connectivity index (χ0v) is 10.5. The smallest absolute Gasteiger partial charge is 0.252 e. The van der Waals surface area contributed by atoms with Gasteiger partial charge in [-0.15, -0.1) is 0 Å². The maximum absolute atomic E-state index is 11.9. The molecule has 4 N–H and O–H groups in total. The van der Waals surface area contributed by atoms with Crippen LogP contribution in [0.1, 0.15) is 32.6 Å². The van der Waals surface area contributed by atoms with Crippen molar-refractivity contribution in [3.63, 3.8) is 0 Å². The topological polar surface area (TPSA) is 90.4 Å². The summed E-state index contributed by atoms with van der Waals surface area (Å²) in [5.41, 5.74) is 6.88. The molecule has 0 aromatic carbocycles. The van der Waals surface area contributed by atoms with E-state index >= 15 is 0 Å². The average Bonchev–Trinajstić information content (AvgIpc) is 2.31. The van der Waals surface area contributed by atoms with Crippen molar-refractivity contribution in [3.05, 3.63) is 23.4 Å². The van der Waals surface area contributed by atoms with E-state index in [4.69, 9.17) is 11.1 Å². The highest BCUT2D eigenvalue weighted by Crippen LogP contribution is 2.27. The monoisotopic (exact) mass is 249 g/mol. The Kier molecular flexibility index (Phi) is 3.52. The van der Waals surface area contributed by atoms with Gasteiger partial charge in [0.2, 0.25) is 0 Å². The number of amides is 1. The number of aliphatic hydroxyl groups is 1. The largest absolute Gasteiger partial charge is 0.402 e. The van der Waals surface area contributed by atoms with Gasteiger partial charge in [0.25, 0.3) is 5.91 Å². The van der Waals surface area contributed by atoms with Gasteiger partial charge in [0.15, 0.2) is 0 Å². The number of amidine groups is 1. The van der Waals surface area contributed by atoms with Crippen LogP contribution in [-0.2, 0) is 4.79 Å². The molecule has 5 heteroatoms. The molecule has 1 fully saturated rings. The summed E-state index contributed by atoms with van der Waals surface area (Å²) in [7, 11) is 0. The summed E-state index contributed by atoms with van der Waals surface area (Å²) in [6.45, 7) is 1.73. The molecule has 0 spiro atoms. The first kappa shape index (κ1) is 12.8. The molecular formula is C13H19N3O2. The van der Waals surface area contributed by atoms with Crippen LogP contribution in [0.3, 0.4) is 0 Å². The molecule has 18 heavy (non-hydrogen) atoms. The van der Waals surface area contributed by atoms with Crippen molar-refractivity contribution in [3.8, 4) is 0 Å². The van der Waals surface area contributed by atoms with Crippen molar-refractivity contribution in [2.75, 3.05) is 0 Å². The van der Waals surface area contributed by atoms with Gasteiger partial charge in [0, 0.05) is 23.4 Å². The number of rotatable bonds is 1. The first-order chi connectivity index (χ1) is 8.50. The van der Waals surface area contributed by atoms with Crippen LogP contribution in [0.4, 0.5) is 0 Å². The second kappa shape index (κ2) is 4.94. The van der Waals surface area contributed by atoms with Gasteiger partial charge in [-0.25, -0.2) is 0 Å². The summed E-state index contributed by atoms with van der Waals surface area (Å²) in [5, 5.41) is 17.6. The number of hydrogen-bond acceptors (Lipinski definition) is 4. The van der Waals surface area contributed by atoms with Crippen LogP contribution in [0.15, 0.2) is 23.4 Å². The molecule has 0 aromatic heterocycles. The lowest BCUT2D eigenvalue weighted by atomic mass is 9.90. The van der Waals surface area contributed by atoms with E-state index in [1.165, 1.54) is 11.0 Å². The molecule has 0 atom stereocenters. The van der Waals surface area contributed by atoms with Crippen LogP contribution in [0.2, 0.25) is 0 Å². The summed E-state index contributed by atoms with van der Waals surface area (Å²) >= 11 is 0. The molecule has 1 aliphatic heterocycles. The van der Waals surface area contributed by atoms with Crippen LogP contribution >= 0.6 is 0 Å². The van der Waals surface area contributed by atoms with Gasteiger partial charge in [0.05, 0.1) is 6.10 Å². The van der Waals surface area contributed by atoms with Crippen molar-refractivity contribution in [2.45, 2.75) is 44.8 Å². The zero-order chi connectivity index (χ0) is 13.3. The van der Waals surface area contributed by atoms with Gasteiger partial charge in [0.1, 0.15) is 5.84 Å². The standard InChI is InChI=1S/C13H19N3O2/c1-8(14)11-6-7-12(18)16(13(11)15)9-2-4-10(17)5-3-9/h6-7,9-10,15,17H,2-5,14H2,1H3/b11-8-,15-13?/t9-,10-. The number of carbonyl (C=O) groups is 1. The third kappa shape index (κ3) is 2.31. The van der Waals surface area contributed by atoms with Gasteiger partial charge >= 0.3 is 0 Å². The molecule has 0 aromatic rings. The van der Waals surface area contributed by atoms with Gasteiger partial charge < -0.3 is 10.8 Å². The van der Waals surface area contributed by atoms with Crippen molar-refractivity contribution in [2.24, 2.45) is 5.73 Å². The minimum Gasteiger partial charge on any atom is -0.402 e. The molecule has 0 bridgehead atoms. The SMILES string of the molecule is C/C(N)=C1\C=CC(=O)N([C@H]2CC[C@H](O)CC2)C1=N. The van der Waals surface area contributed by atoms with E-state index in [0.717, 1.165) is 12.8 Å². The first-order valence-electron chi connectivity index (χ1n) is 6.25. The number of aliphatic hydroxyl groups excluding tert-OH is 1. The van der Waals surface area contributed by atoms with E-state index in [0.29, 0.717) is 24.1 Å². The van der Waals surface area contributed by atoms with Crippen molar-refractivity contribution >= 4 is 11.7 Å². The maximum Gasteiger partial charge on any atom is 0.252 e. The third-order valence-electron chi connectivity index (χ3n) is 3.58. The predicted molar refractivity (Wildman–Crippen MR) is 68.9 cm³/mol. The van der Waals surface area contributed by atoms with Crippen LogP contribution in [-0.4, -0.2) is 33.9 Å². The average molecular weight is 249 g/mol. The molecule has 1 amide bonds. The minimum atomic E-state index is -0.267. The molecule has 1 aliphatic carbocycles. The zero-order valence-electron chi connectivity index (χ0n) is 10.5. The van der Waals surface area contributed by atoms with Gasteiger partial charge in [-0.2, -0.15) is 0 Å². The van der Waals surface area contributed by atoms with E-state index in [-0.39, 0.29) is 23.9 Å². The van der Waals surface area contributed by atoms with E-state index in [1.807, 2.05) is 0 Å². The summed E-state index contributed by atoms with van der Waals surface area (Å²) in [4.78, 5) is 13.4. The Balaban J connectivity index is 2.22. The summed E-state index contributed by atoms with van der Waals surface area (Å²) in [6, 6.07) is 0.00713. The minimum absolute atomic E-state index is 0.00713. The number of allylic oxidation sites excluding steroid dienone is 1. The lowest BCUT2D eigenvalue weighted by Crippen LogP contribution is -2.48. The van der Waals surface area contributed by atoms with Crippen LogP contribution < -0.4 is 5.73 Å². The van der Waals surface area contributed by atoms with Crippen molar-refractivity contribution in [1.29, 1.82) is 5.41 Å². The normalized spacial score (nSPS) is 31.8. The fourth-order valence-corrected chi connectivity index (χ4v) is 2.55. The van der Waals surface area contributed by atoms with E-state index in [2.05, 4.69) is 0 Å². The summed E-state index contributed by atoms with van der Waals surface area (Å²) in [5.74, 6) is 0.0234. The Labute approximate surface area is 106 Å². The number of nitrogens with two attached hydrogens (primary N) is 1. The Bertz CT molecular complexity index is 428. The summed E-state index contributed by atoms with van der Waals surface area (Å²) < 4.78 is 0. The number of hydrogen-bond donors (Lipinski definition) is 3. The second-order valence-electron chi connectivity index (χ2n) is 4.95. The highest BCUT2D eigenvalue weighted by molar-refractivity contribution is 6.14. The molecular weight excluding hydrogens is 230 g/mol. The van der Waals surface area contributed by atoms with Crippen LogP contribution in [0, 0.1) is 5.41 Å². The van der Waals surface area contributed by atoms with Crippen molar-refractivity contribution < 1.29 is 9.90 Å². The first-order valence-corrected chi connectivity index (χ1v) is 6.25. The van der Waals surface area contributed by atoms with Gasteiger partial charge in [-0.1, -0.05) is 0 Å². The van der Waals surface area contributed by atoms with Crippen LogP contribution in [0.5, 0.6) is 0 Å². The Morgan fingerprint density at radius 1 is 1.39 bits per heavy atom. The lowest BCUT2D eigenvalue weighted by molar-refractivity contribution is -0.125. The molecule has 1 heterocycles. The summed E-state index contributed by atoms with van der Waals surface area (Å²) in [6.07, 6.45) is 5.65. The lowest BCUT2D eigenvalue weighted by Gasteiger charge is -2.37. The highest BCUT2D eigenvalue weighted by atomic mass is 16.3. The molecule has 5 nitrogen and oxygen atoms in total. The van der Waals surface area contributed by atoms with Gasteiger partial charge in [-0.3, -0.25) is 15.1 Å². The molecule has 2 rings (SSSR count). The van der Waals surface area contributed by atoms with Crippen LogP contribution in [0.25, 0.3) is 0 Å². The third-order valence-corrected chi connectivity index (χ3v) is 3.58. The number of nitrogens with zero attached hydrogens (tertiary/aromatic N) is 1. The highest BCUT2D eigenvalue weighted by Gasteiger charge is 2.33. The van der Waals surface area contributed by atoms with E-state index in [9.17, 15) is 9.90 Å². The number of carbonyl (C=O) groups excluding carboxylic acids is 1. The molecule has 0 radical (unpaired) electrons. The van der Waals surface area contributed by atoms with Gasteiger partial charge in [-0.05, 0) is 38.7 Å². The second-order valence-corrected chi connectivity index (χ2v) is 4.95. The Hall–Kier alpha value is -1.62. The number of nitrogens with one attached hydrogen (secondary N) is 1. The Morgan fingerprint density at radius 3 is 2.56 bits per heavy atom. The van der Waals surface area contributed by atoms with Crippen molar-refractivity contribution in [1.82, 2.24) is 4.90 Å². The maximum atomic E-state index is 11.9. The fraction of sp³-hybridized carbons (Fsp3) is 0.538.